The molecule has 0 aromatic carbocycles. The molecule has 0 aliphatic heterocycles. The van der Waals surface area contributed by atoms with E-state index in [0.717, 1.165) is 12.8 Å². The van der Waals surface area contributed by atoms with Crippen molar-refractivity contribution >= 4 is 0 Å². The number of allylic oxidation sites excluding steroid dienone is 1. The van der Waals surface area contributed by atoms with Crippen molar-refractivity contribution < 1.29 is 5.11 Å². The molecule has 1 rings (SSSR count). The summed E-state index contributed by atoms with van der Waals surface area (Å²) in [5.74, 6) is 0.550. The van der Waals surface area contributed by atoms with Crippen molar-refractivity contribution in [3.8, 4) is 0 Å². The molecule has 0 spiro atoms. The summed E-state index contributed by atoms with van der Waals surface area (Å²) >= 11 is 0. The standard InChI is InChI=1S/C15H28O/c1-13(2)14-10-8-6-4-3-5-7-9-11-15(16)12-14/h14-16H,1,3-12H2,2H3. The van der Waals surface area contributed by atoms with Crippen molar-refractivity contribution in [2.24, 2.45) is 5.92 Å². The van der Waals surface area contributed by atoms with Gasteiger partial charge in [-0.3, -0.25) is 0 Å². The Balaban J connectivity index is 2.41. The van der Waals surface area contributed by atoms with Crippen LogP contribution in [0.15, 0.2) is 12.2 Å². The van der Waals surface area contributed by atoms with Crippen LogP contribution in [0.4, 0.5) is 0 Å². The Morgan fingerprint density at radius 1 is 0.938 bits per heavy atom. The fourth-order valence-electron chi connectivity index (χ4n) is 2.67. The van der Waals surface area contributed by atoms with Crippen LogP contribution in [0.5, 0.6) is 0 Å². The van der Waals surface area contributed by atoms with Crippen LogP contribution in [0.25, 0.3) is 0 Å². The van der Waals surface area contributed by atoms with Gasteiger partial charge in [0, 0.05) is 0 Å². The maximum atomic E-state index is 9.97. The second-order valence-corrected chi connectivity index (χ2v) is 5.49. The van der Waals surface area contributed by atoms with Crippen LogP contribution in [0.3, 0.4) is 0 Å². The first-order valence-corrected chi connectivity index (χ1v) is 7.03. The monoisotopic (exact) mass is 224 g/mol. The van der Waals surface area contributed by atoms with E-state index in [4.69, 9.17) is 0 Å². The molecule has 1 saturated carbocycles. The van der Waals surface area contributed by atoms with Crippen LogP contribution in [0, 0.1) is 5.92 Å². The molecule has 1 heteroatoms. The first-order valence-electron chi connectivity index (χ1n) is 7.03. The van der Waals surface area contributed by atoms with E-state index in [1.54, 1.807) is 0 Å². The summed E-state index contributed by atoms with van der Waals surface area (Å²) in [6, 6.07) is 0. The Morgan fingerprint density at radius 2 is 1.44 bits per heavy atom. The van der Waals surface area contributed by atoms with Crippen molar-refractivity contribution in [3.63, 3.8) is 0 Å². The van der Waals surface area contributed by atoms with Gasteiger partial charge in [-0.05, 0) is 32.1 Å². The second-order valence-electron chi connectivity index (χ2n) is 5.49. The molecule has 1 aliphatic rings. The third-order valence-electron chi connectivity index (χ3n) is 3.84. The van der Waals surface area contributed by atoms with Crippen LogP contribution in [0.1, 0.15) is 71.1 Å². The predicted molar refractivity (Wildman–Crippen MR) is 70.5 cm³/mol. The number of hydrogen-bond donors (Lipinski definition) is 1. The molecule has 0 radical (unpaired) electrons. The lowest BCUT2D eigenvalue weighted by atomic mass is 9.87. The number of aliphatic hydroxyl groups is 1. The first kappa shape index (κ1) is 13.8. The van der Waals surface area contributed by atoms with E-state index >= 15 is 0 Å². The first-order chi connectivity index (χ1) is 7.70. The van der Waals surface area contributed by atoms with E-state index < -0.39 is 0 Å². The average Bonchev–Trinajstić information content (AvgIpc) is 2.22. The average molecular weight is 224 g/mol. The van der Waals surface area contributed by atoms with Crippen molar-refractivity contribution in [1.82, 2.24) is 0 Å². The lowest BCUT2D eigenvalue weighted by Crippen LogP contribution is -2.15. The maximum absolute atomic E-state index is 9.97. The zero-order valence-corrected chi connectivity index (χ0v) is 10.9. The van der Waals surface area contributed by atoms with Crippen LogP contribution < -0.4 is 0 Å². The van der Waals surface area contributed by atoms with Crippen LogP contribution in [-0.2, 0) is 0 Å². The Kier molecular flexibility index (Phi) is 6.79. The van der Waals surface area contributed by atoms with Crippen LogP contribution in [0.2, 0.25) is 0 Å². The largest absolute Gasteiger partial charge is 0.393 e. The lowest BCUT2D eigenvalue weighted by Gasteiger charge is -2.21. The Morgan fingerprint density at radius 3 is 2.00 bits per heavy atom. The normalized spacial score (nSPS) is 30.1. The highest BCUT2D eigenvalue weighted by molar-refractivity contribution is 4.96. The van der Waals surface area contributed by atoms with E-state index in [-0.39, 0.29) is 6.10 Å². The molecule has 2 unspecified atom stereocenters. The molecule has 0 aromatic heterocycles. The maximum Gasteiger partial charge on any atom is 0.0546 e. The molecular formula is C15H28O. The minimum Gasteiger partial charge on any atom is -0.393 e. The molecule has 1 aliphatic carbocycles. The SMILES string of the molecule is C=C(C)C1CCCCCCCCCC(O)C1. The fraction of sp³-hybridized carbons (Fsp3) is 0.867. The van der Waals surface area contributed by atoms with E-state index in [2.05, 4.69) is 13.5 Å². The number of rotatable bonds is 1. The van der Waals surface area contributed by atoms with Crippen molar-refractivity contribution in [3.05, 3.63) is 12.2 Å². The summed E-state index contributed by atoms with van der Waals surface area (Å²) in [6.07, 6.45) is 12.4. The van der Waals surface area contributed by atoms with Gasteiger partial charge in [0.1, 0.15) is 0 Å². The highest BCUT2D eigenvalue weighted by atomic mass is 16.3. The Hall–Kier alpha value is -0.300. The number of aliphatic hydroxyl groups excluding tert-OH is 1. The second kappa shape index (κ2) is 7.89. The zero-order chi connectivity index (χ0) is 11.8. The summed E-state index contributed by atoms with van der Waals surface area (Å²) in [4.78, 5) is 0. The summed E-state index contributed by atoms with van der Waals surface area (Å²) in [5.41, 5.74) is 1.26. The van der Waals surface area contributed by atoms with Crippen LogP contribution in [-0.4, -0.2) is 11.2 Å². The van der Waals surface area contributed by atoms with Gasteiger partial charge in [0.15, 0.2) is 0 Å². The molecular weight excluding hydrogens is 196 g/mol. The van der Waals surface area contributed by atoms with E-state index in [1.807, 2.05) is 0 Å². The van der Waals surface area contributed by atoms with Crippen molar-refractivity contribution in [2.45, 2.75) is 77.2 Å². The minimum atomic E-state index is -0.0962. The molecule has 1 nitrogen and oxygen atoms in total. The summed E-state index contributed by atoms with van der Waals surface area (Å²) in [6.45, 7) is 6.18. The molecule has 1 fully saturated rings. The third-order valence-corrected chi connectivity index (χ3v) is 3.84. The van der Waals surface area contributed by atoms with Gasteiger partial charge in [0.05, 0.1) is 6.10 Å². The molecule has 94 valence electrons. The van der Waals surface area contributed by atoms with E-state index in [0.29, 0.717) is 5.92 Å². The van der Waals surface area contributed by atoms with Gasteiger partial charge in [-0.25, -0.2) is 0 Å². The lowest BCUT2D eigenvalue weighted by molar-refractivity contribution is 0.132. The molecule has 1 N–H and O–H groups in total. The molecule has 0 heterocycles. The Labute approximate surface area is 101 Å². The summed E-state index contributed by atoms with van der Waals surface area (Å²) in [5, 5.41) is 9.97. The fourth-order valence-corrected chi connectivity index (χ4v) is 2.67. The predicted octanol–water partition coefficient (Wildman–Crippen LogP) is 4.45. The van der Waals surface area contributed by atoms with Gasteiger partial charge in [-0.15, -0.1) is 0 Å². The molecule has 16 heavy (non-hydrogen) atoms. The van der Waals surface area contributed by atoms with Gasteiger partial charge in [-0.2, -0.15) is 0 Å². The molecule has 0 bridgehead atoms. The highest BCUT2D eigenvalue weighted by Crippen LogP contribution is 2.25. The quantitative estimate of drug-likeness (QED) is 0.652. The van der Waals surface area contributed by atoms with Gasteiger partial charge in [-0.1, -0.05) is 57.1 Å². The third kappa shape index (κ3) is 5.69. The van der Waals surface area contributed by atoms with Crippen molar-refractivity contribution in [1.29, 1.82) is 0 Å². The topological polar surface area (TPSA) is 20.2 Å². The molecule has 0 amide bonds. The highest BCUT2D eigenvalue weighted by Gasteiger charge is 2.15. The van der Waals surface area contributed by atoms with Gasteiger partial charge < -0.3 is 5.11 Å². The summed E-state index contributed by atoms with van der Waals surface area (Å²) < 4.78 is 0. The molecule has 2 atom stereocenters. The van der Waals surface area contributed by atoms with Gasteiger partial charge in [0.25, 0.3) is 0 Å². The van der Waals surface area contributed by atoms with E-state index in [1.165, 1.54) is 56.9 Å². The van der Waals surface area contributed by atoms with E-state index in [9.17, 15) is 5.11 Å². The smallest absolute Gasteiger partial charge is 0.0546 e. The van der Waals surface area contributed by atoms with Crippen molar-refractivity contribution in [2.75, 3.05) is 0 Å². The van der Waals surface area contributed by atoms with Gasteiger partial charge in [0.2, 0.25) is 0 Å². The zero-order valence-electron chi connectivity index (χ0n) is 10.9. The summed E-state index contributed by atoms with van der Waals surface area (Å²) in [7, 11) is 0. The molecule has 0 aromatic rings. The van der Waals surface area contributed by atoms with Gasteiger partial charge >= 0.3 is 0 Å². The van der Waals surface area contributed by atoms with Crippen LogP contribution >= 0.6 is 0 Å². The molecule has 0 saturated heterocycles. The Bertz CT molecular complexity index is 198. The number of hydrogen-bond acceptors (Lipinski definition) is 1. The minimum absolute atomic E-state index is 0.0962.